The predicted molar refractivity (Wildman–Crippen MR) is 52.2 cm³/mol. The molecule has 0 fully saturated rings. The van der Waals surface area contributed by atoms with Gasteiger partial charge in [0.05, 0.1) is 11.4 Å². The molecule has 0 saturated heterocycles. The van der Waals surface area contributed by atoms with Crippen molar-refractivity contribution >= 4 is 15.7 Å². The van der Waals surface area contributed by atoms with Crippen LogP contribution in [0.3, 0.4) is 0 Å². The van der Waals surface area contributed by atoms with Crippen LogP contribution in [0.4, 0.5) is 5.69 Å². The number of rotatable bonds is 0. The van der Waals surface area contributed by atoms with Crippen molar-refractivity contribution in [2.24, 2.45) is 0 Å². The number of aryl methyl sites for hydroxylation is 1. The number of fused-ring (bicyclic) bond motifs is 1. The van der Waals surface area contributed by atoms with E-state index in [4.69, 9.17) is 0 Å². The Bertz CT molecular complexity index is 451. The van der Waals surface area contributed by atoms with Crippen LogP contribution in [0, 0.1) is 6.92 Å². The van der Waals surface area contributed by atoms with Gasteiger partial charge in [-0.3, -0.25) is 4.31 Å². The van der Waals surface area contributed by atoms with Gasteiger partial charge >= 0.3 is 0 Å². The number of hydrogen-bond donors (Lipinski definition) is 0. The molecule has 1 aromatic rings. The Kier molecular flexibility index (Phi) is 1.63. The Balaban J connectivity index is 2.64. The number of nitrogens with zero attached hydrogens (tertiary/aromatic N) is 1. The Hall–Kier alpha value is -1.03. The number of hydrogen-bond acceptors (Lipinski definition) is 2. The van der Waals surface area contributed by atoms with E-state index in [-0.39, 0.29) is 5.75 Å². The molecule has 0 spiro atoms. The van der Waals surface area contributed by atoms with Crippen LogP contribution >= 0.6 is 0 Å². The highest BCUT2D eigenvalue weighted by atomic mass is 32.2. The van der Waals surface area contributed by atoms with Gasteiger partial charge in [0.25, 0.3) is 0 Å². The minimum Gasteiger partial charge on any atom is -0.273 e. The summed E-state index contributed by atoms with van der Waals surface area (Å²) in [6, 6.07) is 5.72. The van der Waals surface area contributed by atoms with Crippen molar-refractivity contribution in [3.63, 3.8) is 0 Å². The maximum atomic E-state index is 11.5. The topological polar surface area (TPSA) is 37.4 Å². The van der Waals surface area contributed by atoms with Crippen molar-refractivity contribution in [3.8, 4) is 0 Å². The van der Waals surface area contributed by atoms with E-state index < -0.39 is 10.0 Å². The second-order valence-electron chi connectivity index (χ2n) is 3.36. The monoisotopic (exact) mass is 197 g/mol. The van der Waals surface area contributed by atoms with Crippen molar-refractivity contribution in [2.45, 2.75) is 12.7 Å². The molecule has 1 heterocycles. The fourth-order valence-corrected chi connectivity index (χ4v) is 2.83. The van der Waals surface area contributed by atoms with Crippen molar-refractivity contribution in [1.29, 1.82) is 0 Å². The van der Waals surface area contributed by atoms with Gasteiger partial charge in [0.2, 0.25) is 10.0 Å². The highest BCUT2D eigenvalue weighted by Gasteiger charge is 2.29. The van der Waals surface area contributed by atoms with Gasteiger partial charge < -0.3 is 0 Å². The lowest BCUT2D eigenvalue weighted by molar-refractivity contribution is 0.596. The minimum atomic E-state index is -3.07. The van der Waals surface area contributed by atoms with Crippen LogP contribution in [0.1, 0.15) is 11.1 Å². The van der Waals surface area contributed by atoms with Crippen LogP contribution in [0.15, 0.2) is 18.2 Å². The summed E-state index contributed by atoms with van der Waals surface area (Å²) in [5.41, 5.74) is 2.80. The van der Waals surface area contributed by atoms with Gasteiger partial charge in [-0.25, -0.2) is 8.42 Å². The van der Waals surface area contributed by atoms with Crippen LogP contribution in [0.5, 0.6) is 0 Å². The second-order valence-corrected chi connectivity index (χ2v) is 5.36. The van der Waals surface area contributed by atoms with Crippen molar-refractivity contribution < 1.29 is 8.42 Å². The van der Waals surface area contributed by atoms with E-state index >= 15 is 0 Å². The zero-order valence-corrected chi connectivity index (χ0v) is 8.43. The molecule has 1 aliphatic rings. The lowest BCUT2D eigenvalue weighted by Gasteiger charge is -2.10. The standard InChI is InChI=1S/C9H11NO2S/c1-7-3-4-8-6-13(11,12)10(2)9(8)5-7/h3-5H,6H2,1-2H3. The average Bonchev–Trinajstić information content (AvgIpc) is 2.26. The third-order valence-electron chi connectivity index (χ3n) is 2.34. The average molecular weight is 197 g/mol. The maximum Gasteiger partial charge on any atom is 0.239 e. The molecule has 0 N–H and O–H groups in total. The molecular formula is C9H11NO2S. The quantitative estimate of drug-likeness (QED) is 0.628. The Labute approximate surface area is 78.0 Å². The lowest BCUT2D eigenvalue weighted by Crippen LogP contribution is -2.20. The van der Waals surface area contributed by atoms with Gasteiger partial charge in [0.15, 0.2) is 0 Å². The molecule has 0 unspecified atom stereocenters. The lowest BCUT2D eigenvalue weighted by atomic mass is 10.1. The molecule has 1 aromatic carbocycles. The van der Waals surface area contributed by atoms with Gasteiger partial charge in [-0.1, -0.05) is 12.1 Å². The molecule has 1 aliphatic heterocycles. The first kappa shape index (κ1) is 8.56. The molecule has 0 aromatic heterocycles. The first-order chi connectivity index (χ1) is 6.00. The summed E-state index contributed by atoms with van der Waals surface area (Å²) in [7, 11) is -1.47. The first-order valence-electron chi connectivity index (χ1n) is 4.07. The van der Waals surface area contributed by atoms with Gasteiger partial charge in [-0.05, 0) is 24.1 Å². The molecule has 3 nitrogen and oxygen atoms in total. The van der Waals surface area contributed by atoms with E-state index in [2.05, 4.69) is 0 Å². The highest BCUT2D eigenvalue weighted by Crippen LogP contribution is 2.32. The third-order valence-corrected chi connectivity index (χ3v) is 4.04. The van der Waals surface area contributed by atoms with Crippen molar-refractivity contribution in [3.05, 3.63) is 29.3 Å². The second kappa shape index (κ2) is 2.48. The molecule has 0 amide bonds. The van der Waals surface area contributed by atoms with Crippen molar-refractivity contribution in [1.82, 2.24) is 0 Å². The molecule has 4 heteroatoms. The van der Waals surface area contributed by atoms with E-state index in [1.165, 1.54) is 4.31 Å². The SMILES string of the molecule is Cc1ccc2c(c1)N(C)S(=O)(=O)C2. The summed E-state index contributed by atoms with van der Waals surface area (Å²) in [4.78, 5) is 0. The van der Waals surface area contributed by atoms with Gasteiger partial charge in [-0.2, -0.15) is 0 Å². The van der Waals surface area contributed by atoms with Crippen molar-refractivity contribution in [2.75, 3.05) is 11.4 Å². The molecule has 0 aliphatic carbocycles. The van der Waals surface area contributed by atoms with E-state index in [9.17, 15) is 8.42 Å². The summed E-state index contributed by atoms with van der Waals surface area (Å²) < 4.78 is 24.3. The largest absolute Gasteiger partial charge is 0.273 e. The van der Waals surface area contributed by atoms with E-state index in [0.717, 1.165) is 16.8 Å². The number of benzene rings is 1. The predicted octanol–water partition coefficient (Wildman–Crippen LogP) is 1.27. The summed E-state index contributed by atoms with van der Waals surface area (Å²) in [5, 5.41) is 0. The summed E-state index contributed by atoms with van der Waals surface area (Å²) in [5.74, 6) is 0.138. The van der Waals surface area contributed by atoms with Crippen LogP contribution in [0.25, 0.3) is 0 Å². The normalized spacial score (nSPS) is 18.8. The van der Waals surface area contributed by atoms with Gasteiger partial charge in [0, 0.05) is 7.05 Å². The molecule has 0 saturated carbocycles. The number of anilines is 1. The fourth-order valence-electron chi connectivity index (χ4n) is 1.53. The van der Waals surface area contributed by atoms with Crippen LogP contribution in [-0.4, -0.2) is 15.5 Å². The third kappa shape index (κ3) is 1.21. The Morgan fingerprint density at radius 1 is 1.38 bits per heavy atom. The summed E-state index contributed by atoms with van der Waals surface area (Å²) in [6.07, 6.45) is 0. The van der Waals surface area contributed by atoms with Crippen LogP contribution in [-0.2, 0) is 15.8 Å². The minimum absolute atomic E-state index is 0.138. The maximum absolute atomic E-state index is 11.5. The van der Waals surface area contributed by atoms with Gasteiger partial charge in [-0.15, -0.1) is 0 Å². The highest BCUT2D eigenvalue weighted by molar-refractivity contribution is 7.92. The van der Waals surface area contributed by atoms with Crippen LogP contribution in [0.2, 0.25) is 0 Å². The van der Waals surface area contributed by atoms with Crippen LogP contribution < -0.4 is 4.31 Å². The van der Waals surface area contributed by atoms with Gasteiger partial charge in [0.1, 0.15) is 0 Å². The fraction of sp³-hybridized carbons (Fsp3) is 0.333. The van der Waals surface area contributed by atoms with E-state index in [0.29, 0.717) is 0 Å². The Morgan fingerprint density at radius 2 is 2.08 bits per heavy atom. The number of sulfonamides is 1. The molecule has 13 heavy (non-hydrogen) atoms. The molecule has 70 valence electrons. The molecule has 0 bridgehead atoms. The summed E-state index contributed by atoms with van der Waals surface area (Å²) >= 11 is 0. The smallest absolute Gasteiger partial charge is 0.239 e. The van der Waals surface area contributed by atoms with E-state index in [1.54, 1.807) is 7.05 Å². The van der Waals surface area contributed by atoms with E-state index in [1.807, 2.05) is 25.1 Å². The zero-order chi connectivity index (χ0) is 9.64. The molecular weight excluding hydrogens is 186 g/mol. The zero-order valence-electron chi connectivity index (χ0n) is 7.61. The molecule has 0 radical (unpaired) electrons. The Morgan fingerprint density at radius 3 is 2.77 bits per heavy atom. The first-order valence-corrected chi connectivity index (χ1v) is 5.68. The molecule has 0 atom stereocenters. The summed E-state index contributed by atoms with van der Waals surface area (Å²) in [6.45, 7) is 1.96. The molecule has 2 rings (SSSR count).